The van der Waals surface area contributed by atoms with Crippen LogP contribution in [0.1, 0.15) is 56.0 Å². The fourth-order valence-corrected chi connectivity index (χ4v) is 4.58. The second-order valence-corrected chi connectivity index (χ2v) is 8.32. The zero-order chi connectivity index (χ0) is 18.5. The number of rotatable bonds is 4. The first kappa shape index (κ1) is 18.6. The van der Waals surface area contributed by atoms with Gasteiger partial charge in [0.25, 0.3) is 17.7 Å². The molecule has 0 aliphatic heterocycles. The minimum atomic E-state index is -0.759. The Morgan fingerprint density at radius 3 is 2.62 bits per heavy atom. The zero-order valence-corrected chi connectivity index (χ0v) is 16.1. The summed E-state index contributed by atoms with van der Waals surface area (Å²) in [6.45, 7) is 1.57. The zero-order valence-electron chi connectivity index (χ0n) is 14.5. The number of hydrazine groups is 1. The topological polar surface area (TPSA) is 87.3 Å². The molecule has 0 radical (unpaired) electrons. The van der Waals surface area contributed by atoms with E-state index in [1.165, 1.54) is 39.5 Å². The third kappa shape index (κ3) is 4.50. The third-order valence-electron chi connectivity index (χ3n) is 4.26. The minimum absolute atomic E-state index is 0.309. The molecular weight excluding hydrogens is 370 g/mol. The summed E-state index contributed by atoms with van der Waals surface area (Å²) in [4.78, 5) is 38.7. The van der Waals surface area contributed by atoms with Crippen LogP contribution in [0.4, 0.5) is 0 Å². The van der Waals surface area contributed by atoms with Crippen LogP contribution in [0.5, 0.6) is 0 Å². The Hall–Kier alpha value is -2.19. The second kappa shape index (κ2) is 8.46. The summed E-state index contributed by atoms with van der Waals surface area (Å²) in [5, 5.41) is 4.40. The number of nitrogens with one attached hydrogen (secondary N) is 3. The van der Waals surface area contributed by atoms with Gasteiger partial charge in [-0.05, 0) is 55.7 Å². The van der Waals surface area contributed by atoms with E-state index in [0.717, 1.165) is 25.7 Å². The molecular formula is C18H21N3O3S2. The fourth-order valence-electron chi connectivity index (χ4n) is 2.81. The monoisotopic (exact) mass is 391 g/mol. The van der Waals surface area contributed by atoms with E-state index in [-0.39, 0.29) is 11.8 Å². The first-order valence-corrected chi connectivity index (χ1v) is 10.3. The van der Waals surface area contributed by atoms with Gasteiger partial charge in [0.1, 0.15) is 6.04 Å². The van der Waals surface area contributed by atoms with Crippen molar-refractivity contribution >= 4 is 40.4 Å². The van der Waals surface area contributed by atoms with Gasteiger partial charge in [-0.1, -0.05) is 12.5 Å². The molecule has 6 nitrogen and oxygen atoms in total. The van der Waals surface area contributed by atoms with Gasteiger partial charge in [-0.15, -0.1) is 22.7 Å². The average molecular weight is 392 g/mol. The van der Waals surface area contributed by atoms with Gasteiger partial charge >= 0.3 is 0 Å². The van der Waals surface area contributed by atoms with Gasteiger partial charge in [0, 0.05) is 4.88 Å². The van der Waals surface area contributed by atoms with Gasteiger partial charge < -0.3 is 5.32 Å². The molecule has 1 atom stereocenters. The van der Waals surface area contributed by atoms with Crippen molar-refractivity contribution in [3.05, 3.63) is 43.8 Å². The predicted molar refractivity (Wildman–Crippen MR) is 102 cm³/mol. The maximum Gasteiger partial charge on any atom is 0.279 e. The van der Waals surface area contributed by atoms with Gasteiger partial charge in [0.15, 0.2) is 0 Å². The highest BCUT2D eigenvalue weighted by Gasteiger charge is 2.20. The van der Waals surface area contributed by atoms with Crippen LogP contribution in [0.25, 0.3) is 0 Å². The molecule has 2 aromatic heterocycles. The molecule has 3 rings (SSSR count). The summed E-state index contributed by atoms with van der Waals surface area (Å²) in [7, 11) is 0. The molecule has 1 aliphatic rings. The van der Waals surface area contributed by atoms with Crippen molar-refractivity contribution in [2.45, 2.75) is 45.1 Å². The second-order valence-electron chi connectivity index (χ2n) is 6.24. The molecule has 0 spiro atoms. The van der Waals surface area contributed by atoms with Crippen molar-refractivity contribution in [3.8, 4) is 0 Å². The Balaban J connectivity index is 1.50. The Labute approximate surface area is 160 Å². The molecule has 8 heteroatoms. The summed E-state index contributed by atoms with van der Waals surface area (Å²) in [6, 6.07) is 4.62. The van der Waals surface area contributed by atoms with Crippen LogP contribution in [0.2, 0.25) is 0 Å². The smallest absolute Gasteiger partial charge is 0.279 e. The van der Waals surface area contributed by atoms with Crippen molar-refractivity contribution in [1.29, 1.82) is 0 Å². The van der Waals surface area contributed by atoms with Gasteiger partial charge in [-0.2, -0.15) is 0 Å². The number of carbonyl (C=O) groups excluding carboxylic acids is 3. The summed E-state index contributed by atoms with van der Waals surface area (Å²) < 4.78 is 0. The highest BCUT2D eigenvalue weighted by Crippen LogP contribution is 2.28. The number of carbonyl (C=O) groups is 3. The molecule has 3 N–H and O–H groups in total. The normalized spacial score (nSPS) is 14.7. The first-order valence-electron chi connectivity index (χ1n) is 8.60. The lowest BCUT2D eigenvalue weighted by Gasteiger charge is -2.13. The van der Waals surface area contributed by atoms with Crippen LogP contribution >= 0.6 is 22.7 Å². The lowest BCUT2D eigenvalue weighted by atomic mass is 10.1. The molecule has 0 bridgehead atoms. The summed E-state index contributed by atoms with van der Waals surface area (Å²) >= 11 is 2.80. The maximum absolute atomic E-state index is 12.3. The van der Waals surface area contributed by atoms with Crippen LogP contribution < -0.4 is 16.2 Å². The molecule has 0 saturated carbocycles. The standard InChI is InChI=1S/C18H21N3O3S2/c1-11(19-17(23)14-8-5-9-25-14)16(22)20-21-18(24)15-10-12-6-3-2-4-7-13(12)26-15/h5,8-11H,2-4,6-7H2,1H3,(H,19,23)(H,20,22)(H,21,24). The van der Waals surface area contributed by atoms with Crippen LogP contribution in [0.15, 0.2) is 23.6 Å². The Morgan fingerprint density at radius 1 is 1.04 bits per heavy atom. The lowest BCUT2D eigenvalue weighted by Crippen LogP contribution is -2.50. The van der Waals surface area contributed by atoms with E-state index in [1.54, 1.807) is 24.4 Å². The molecule has 2 aromatic rings. The van der Waals surface area contributed by atoms with E-state index in [1.807, 2.05) is 6.07 Å². The van der Waals surface area contributed by atoms with Crippen molar-refractivity contribution < 1.29 is 14.4 Å². The van der Waals surface area contributed by atoms with Gasteiger partial charge in [0.05, 0.1) is 9.75 Å². The Kier molecular flexibility index (Phi) is 6.05. The quantitative estimate of drug-likeness (QED) is 0.553. The van der Waals surface area contributed by atoms with E-state index in [0.29, 0.717) is 9.75 Å². The van der Waals surface area contributed by atoms with E-state index in [9.17, 15) is 14.4 Å². The molecule has 26 heavy (non-hydrogen) atoms. The van der Waals surface area contributed by atoms with E-state index >= 15 is 0 Å². The fraction of sp³-hybridized carbons (Fsp3) is 0.389. The molecule has 0 fully saturated rings. The highest BCUT2D eigenvalue weighted by molar-refractivity contribution is 7.14. The SMILES string of the molecule is CC(NC(=O)c1cccs1)C(=O)NNC(=O)c1cc2c(s1)CCCCC2. The highest BCUT2D eigenvalue weighted by atomic mass is 32.1. The Bertz CT molecular complexity index is 775. The average Bonchev–Trinajstić information content (AvgIpc) is 3.25. The number of hydrogen-bond acceptors (Lipinski definition) is 5. The predicted octanol–water partition coefficient (Wildman–Crippen LogP) is 2.66. The molecule has 2 heterocycles. The number of thiophene rings is 2. The lowest BCUT2D eigenvalue weighted by molar-refractivity contribution is -0.123. The van der Waals surface area contributed by atoms with Gasteiger partial charge in [-0.25, -0.2) is 0 Å². The molecule has 3 amide bonds. The molecule has 1 aliphatic carbocycles. The number of fused-ring (bicyclic) bond motifs is 1. The van der Waals surface area contributed by atoms with E-state index in [4.69, 9.17) is 0 Å². The number of aryl methyl sites for hydroxylation is 2. The number of hydrogen-bond donors (Lipinski definition) is 3. The molecule has 1 unspecified atom stereocenters. The van der Waals surface area contributed by atoms with E-state index in [2.05, 4.69) is 16.2 Å². The molecule has 0 saturated heterocycles. The van der Waals surface area contributed by atoms with Crippen molar-refractivity contribution in [3.63, 3.8) is 0 Å². The first-order chi connectivity index (χ1) is 12.5. The molecule has 0 aromatic carbocycles. The van der Waals surface area contributed by atoms with Crippen LogP contribution in [0, 0.1) is 0 Å². The third-order valence-corrected chi connectivity index (χ3v) is 6.36. The van der Waals surface area contributed by atoms with E-state index < -0.39 is 11.9 Å². The van der Waals surface area contributed by atoms with Gasteiger partial charge in [-0.3, -0.25) is 25.2 Å². The van der Waals surface area contributed by atoms with Crippen molar-refractivity contribution in [1.82, 2.24) is 16.2 Å². The number of amides is 3. The van der Waals surface area contributed by atoms with Gasteiger partial charge in [0.2, 0.25) is 0 Å². The summed E-state index contributed by atoms with van der Waals surface area (Å²) in [6.07, 6.45) is 5.58. The largest absolute Gasteiger partial charge is 0.340 e. The minimum Gasteiger partial charge on any atom is -0.340 e. The Morgan fingerprint density at radius 2 is 1.85 bits per heavy atom. The van der Waals surface area contributed by atoms with Crippen LogP contribution in [-0.4, -0.2) is 23.8 Å². The summed E-state index contributed by atoms with van der Waals surface area (Å²) in [5.41, 5.74) is 6.07. The van der Waals surface area contributed by atoms with Crippen LogP contribution in [0.3, 0.4) is 0 Å². The molecule has 138 valence electrons. The van der Waals surface area contributed by atoms with Crippen LogP contribution in [-0.2, 0) is 17.6 Å². The van der Waals surface area contributed by atoms with Crippen molar-refractivity contribution in [2.24, 2.45) is 0 Å². The summed E-state index contributed by atoms with van der Waals surface area (Å²) in [5.74, 6) is -1.11. The van der Waals surface area contributed by atoms with Crippen molar-refractivity contribution in [2.75, 3.05) is 0 Å². The maximum atomic E-state index is 12.3.